The number of unbranched alkanes of at least 4 members (excludes halogenated alkanes) is 2. The molecular weight excluding hydrogens is 214 g/mol. The molecule has 2 aliphatic rings. The molecule has 2 fully saturated rings. The summed E-state index contributed by atoms with van der Waals surface area (Å²) in [4.78, 5) is 22.5. The van der Waals surface area contributed by atoms with E-state index in [0.717, 1.165) is 19.3 Å². The molecule has 1 atom stereocenters. The van der Waals surface area contributed by atoms with E-state index in [1.54, 1.807) is 0 Å². The van der Waals surface area contributed by atoms with Crippen molar-refractivity contribution in [1.29, 1.82) is 0 Å². The molecule has 0 bridgehead atoms. The molecule has 3 heteroatoms. The van der Waals surface area contributed by atoms with Gasteiger partial charge in [-0.15, -0.1) is 0 Å². The number of carbonyl (C=O) groups excluding carboxylic acids is 2. The maximum absolute atomic E-state index is 11.5. The molecule has 0 aromatic carbocycles. The number of amides is 2. The van der Waals surface area contributed by atoms with Crippen molar-refractivity contribution in [3.05, 3.63) is 0 Å². The first kappa shape index (κ1) is 12.6. The van der Waals surface area contributed by atoms with Crippen molar-refractivity contribution in [2.75, 3.05) is 0 Å². The topological polar surface area (TPSA) is 46.2 Å². The van der Waals surface area contributed by atoms with Gasteiger partial charge in [-0.25, -0.2) is 0 Å². The van der Waals surface area contributed by atoms with Gasteiger partial charge in [0, 0.05) is 12.3 Å². The van der Waals surface area contributed by atoms with Gasteiger partial charge in [0.2, 0.25) is 11.8 Å². The Morgan fingerprint density at radius 1 is 1.24 bits per heavy atom. The van der Waals surface area contributed by atoms with E-state index in [2.05, 4.69) is 12.2 Å². The van der Waals surface area contributed by atoms with Crippen LogP contribution in [0.5, 0.6) is 0 Å². The normalized spacial score (nSPS) is 26.8. The van der Waals surface area contributed by atoms with E-state index in [9.17, 15) is 9.59 Å². The Kier molecular flexibility index (Phi) is 3.85. The van der Waals surface area contributed by atoms with Gasteiger partial charge in [-0.05, 0) is 37.5 Å². The van der Waals surface area contributed by atoms with Gasteiger partial charge >= 0.3 is 0 Å². The Morgan fingerprint density at radius 2 is 2.00 bits per heavy atom. The van der Waals surface area contributed by atoms with E-state index in [4.69, 9.17) is 0 Å². The molecule has 96 valence electrons. The Hall–Kier alpha value is -0.860. The van der Waals surface area contributed by atoms with Crippen LogP contribution in [0, 0.1) is 11.3 Å². The Balaban J connectivity index is 1.55. The number of hydrogen-bond donors (Lipinski definition) is 1. The SMILES string of the molecule is CC1(CCCCCC2CCC(=O)NC2=O)CC1. The zero-order valence-electron chi connectivity index (χ0n) is 10.8. The van der Waals surface area contributed by atoms with Crippen LogP contribution in [0.25, 0.3) is 0 Å². The van der Waals surface area contributed by atoms with E-state index < -0.39 is 0 Å². The maximum Gasteiger partial charge on any atom is 0.229 e. The van der Waals surface area contributed by atoms with E-state index in [1.165, 1.54) is 32.1 Å². The molecule has 0 spiro atoms. The van der Waals surface area contributed by atoms with Gasteiger partial charge in [0.25, 0.3) is 0 Å². The summed E-state index contributed by atoms with van der Waals surface area (Å²) in [5, 5.41) is 2.43. The molecule has 1 N–H and O–H groups in total. The molecule has 2 amide bonds. The monoisotopic (exact) mass is 237 g/mol. The third kappa shape index (κ3) is 3.83. The predicted octanol–water partition coefficient (Wildman–Crippen LogP) is 2.79. The summed E-state index contributed by atoms with van der Waals surface area (Å²) in [6.07, 6.45) is 10.0. The van der Waals surface area contributed by atoms with Gasteiger partial charge < -0.3 is 0 Å². The fourth-order valence-corrected chi connectivity index (χ4v) is 2.60. The fraction of sp³-hybridized carbons (Fsp3) is 0.857. The molecule has 1 saturated carbocycles. The smallest absolute Gasteiger partial charge is 0.229 e. The van der Waals surface area contributed by atoms with Crippen LogP contribution in [-0.4, -0.2) is 11.8 Å². The van der Waals surface area contributed by atoms with Crippen LogP contribution in [0.1, 0.15) is 64.7 Å². The molecule has 17 heavy (non-hydrogen) atoms. The molecule has 0 aromatic heterocycles. The molecule has 2 rings (SSSR count). The molecular formula is C14H23NO2. The average Bonchev–Trinajstić information content (AvgIpc) is 2.99. The highest BCUT2D eigenvalue weighted by molar-refractivity contribution is 5.98. The second kappa shape index (κ2) is 5.19. The molecule has 3 nitrogen and oxygen atoms in total. The lowest BCUT2D eigenvalue weighted by atomic mass is 9.91. The number of piperidine rings is 1. The molecule has 0 aromatic rings. The molecule has 1 aliphatic heterocycles. The first-order chi connectivity index (χ1) is 8.09. The highest BCUT2D eigenvalue weighted by Gasteiger charge is 2.36. The minimum absolute atomic E-state index is 0.0459. The quantitative estimate of drug-likeness (QED) is 0.570. The summed E-state index contributed by atoms with van der Waals surface area (Å²) in [5.41, 5.74) is 0.661. The van der Waals surface area contributed by atoms with Crippen molar-refractivity contribution in [3.63, 3.8) is 0 Å². The minimum atomic E-state index is -0.104. The van der Waals surface area contributed by atoms with Crippen LogP contribution in [0.2, 0.25) is 0 Å². The fourth-order valence-electron chi connectivity index (χ4n) is 2.60. The maximum atomic E-state index is 11.5. The zero-order chi connectivity index (χ0) is 12.3. The van der Waals surface area contributed by atoms with Crippen molar-refractivity contribution in [2.45, 2.75) is 64.7 Å². The standard InChI is InChI=1S/C14H23NO2/c1-14(9-10-14)8-4-2-3-5-11-6-7-12(16)15-13(11)17/h11H,2-10H2,1H3,(H,15,16,17). The van der Waals surface area contributed by atoms with Crippen LogP contribution in [0.3, 0.4) is 0 Å². The zero-order valence-corrected chi connectivity index (χ0v) is 10.8. The van der Waals surface area contributed by atoms with Crippen LogP contribution in [-0.2, 0) is 9.59 Å². The van der Waals surface area contributed by atoms with Crippen molar-refractivity contribution in [2.24, 2.45) is 11.3 Å². The molecule has 1 heterocycles. The van der Waals surface area contributed by atoms with E-state index >= 15 is 0 Å². The Labute approximate surface area is 103 Å². The van der Waals surface area contributed by atoms with Gasteiger partial charge in [-0.3, -0.25) is 14.9 Å². The highest BCUT2D eigenvalue weighted by Crippen LogP contribution is 2.49. The van der Waals surface area contributed by atoms with Crippen LogP contribution in [0.15, 0.2) is 0 Å². The largest absolute Gasteiger partial charge is 0.296 e. The van der Waals surface area contributed by atoms with E-state index in [-0.39, 0.29) is 17.7 Å². The predicted molar refractivity (Wildman–Crippen MR) is 66.3 cm³/mol. The van der Waals surface area contributed by atoms with Gasteiger partial charge in [-0.2, -0.15) is 0 Å². The number of imide groups is 1. The molecule has 1 saturated heterocycles. The lowest BCUT2D eigenvalue weighted by Gasteiger charge is -2.20. The lowest BCUT2D eigenvalue weighted by molar-refractivity contribution is -0.136. The lowest BCUT2D eigenvalue weighted by Crippen LogP contribution is -2.40. The summed E-state index contributed by atoms with van der Waals surface area (Å²) < 4.78 is 0. The summed E-state index contributed by atoms with van der Waals surface area (Å²) >= 11 is 0. The van der Waals surface area contributed by atoms with Gasteiger partial charge in [0.1, 0.15) is 0 Å². The summed E-state index contributed by atoms with van der Waals surface area (Å²) in [7, 11) is 0. The van der Waals surface area contributed by atoms with Crippen LogP contribution in [0.4, 0.5) is 0 Å². The van der Waals surface area contributed by atoms with Crippen LogP contribution >= 0.6 is 0 Å². The van der Waals surface area contributed by atoms with Crippen molar-refractivity contribution < 1.29 is 9.59 Å². The second-order valence-corrected chi connectivity index (χ2v) is 6.06. The summed E-state index contributed by atoms with van der Waals surface area (Å²) in [6, 6.07) is 0. The van der Waals surface area contributed by atoms with Crippen molar-refractivity contribution in [3.8, 4) is 0 Å². The van der Waals surface area contributed by atoms with Gasteiger partial charge in [-0.1, -0.05) is 26.2 Å². The number of rotatable bonds is 6. The minimum Gasteiger partial charge on any atom is -0.296 e. The number of nitrogens with one attached hydrogen (secondary N) is 1. The summed E-state index contributed by atoms with van der Waals surface area (Å²) in [5.74, 6) is -0.0625. The number of hydrogen-bond acceptors (Lipinski definition) is 2. The molecule has 1 unspecified atom stereocenters. The van der Waals surface area contributed by atoms with Gasteiger partial charge in [0.15, 0.2) is 0 Å². The average molecular weight is 237 g/mol. The van der Waals surface area contributed by atoms with Crippen molar-refractivity contribution >= 4 is 11.8 Å². The third-order valence-electron chi connectivity index (χ3n) is 4.29. The summed E-state index contributed by atoms with van der Waals surface area (Å²) in [6.45, 7) is 2.37. The number of carbonyl (C=O) groups is 2. The third-order valence-corrected chi connectivity index (χ3v) is 4.29. The van der Waals surface area contributed by atoms with Crippen LogP contribution < -0.4 is 5.32 Å². The van der Waals surface area contributed by atoms with Crippen molar-refractivity contribution in [1.82, 2.24) is 5.32 Å². The molecule has 0 radical (unpaired) electrons. The highest BCUT2D eigenvalue weighted by atomic mass is 16.2. The van der Waals surface area contributed by atoms with Gasteiger partial charge in [0.05, 0.1) is 0 Å². The first-order valence-corrected chi connectivity index (χ1v) is 6.93. The molecule has 1 aliphatic carbocycles. The van der Waals surface area contributed by atoms with E-state index in [1.807, 2.05) is 0 Å². The second-order valence-electron chi connectivity index (χ2n) is 6.06. The Bertz CT molecular complexity index is 307. The van der Waals surface area contributed by atoms with E-state index in [0.29, 0.717) is 11.8 Å². The first-order valence-electron chi connectivity index (χ1n) is 6.93. The Morgan fingerprint density at radius 3 is 2.65 bits per heavy atom.